The molecule has 1 aromatic carbocycles. The number of pyridine rings is 1. The summed E-state index contributed by atoms with van der Waals surface area (Å²) in [5.41, 5.74) is -0.176. The molecule has 1 heterocycles. The lowest BCUT2D eigenvalue weighted by Gasteiger charge is -2.09. The summed E-state index contributed by atoms with van der Waals surface area (Å²) in [6, 6.07) is 8.64. The summed E-state index contributed by atoms with van der Waals surface area (Å²) in [7, 11) is -3.95. The Bertz CT molecular complexity index is 808. The van der Waals surface area contributed by atoms with E-state index in [0.717, 1.165) is 0 Å². The quantitative estimate of drug-likeness (QED) is 0.505. The van der Waals surface area contributed by atoms with Gasteiger partial charge in [-0.1, -0.05) is 12.1 Å². The molecule has 1 aromatic heterocycles. The van der Waals surface area contributed by atoms with Crippen LogP contribution in [-0.2, 0) is 10.0 Å². The van der Waals surface area contributed by atoms with Gasteiger partial charge in [0.25, 0.3) is 15.7 Å². The second kappa shape index (κ2) is 5.78. The molecule has 0 atom stereocenters. The van der Waals surface area contributed by atoms with Crippen LogP contribution in [0.5, 0.6) is 0 Å². The zero-order valence-electron chi connectivity index (χ0n) is 10.8. The number of nitro groups is 1. The third-order valence-electron chi connectivity index (χ3n) is 2.70. The molecule has 21 heavy (non-hydrogen) atoms. The minimum absolute atomic E-state index is 0.0741. The number of nitro benzene ring substituents is 1. The zero-order chi connectivity index (χ0) is 15.6. The second-order valence-electron chi connectivity index (χ2n) is 4.11. The van der Waals surface area contributed by atoms with Crippen molar-refractivity contribution < 1.29 is 13.3 Å². The number of rotatable bonds is 4. The highest BCUT2D eigenvalue weighted by molar-refractivity contribution is 9.10. The van der Waals surface area contributed by atoms with Gasteiger partial charge in [0.2, 0.25) is 0 Å². The summed E-state index contributed by atoms with van der Waals surface area (Å²) >= 11 is 3.14. The number of nitrogens with one attached hydrogen (secondary N) is 1. The molecular formula is C12H10BrN3O4S. The summed E-state index contributed by atoms with van der Waals surface area (Å²) in [6.45, 7) is 1.39. The molecule has 110 valence electrons. The van der Waals surface area contributed by atoms with Gasteiger partial charge in [-0.25, -0.2) is 13.4 Å². The van der Waals surface area contributed by atoms with Crippen LogP contribution in [0.2, 0.25) is 0 Å². The number of anilines is 1. The molecule has 2 aromatic rings. The van der Waals surface area contributed by atoms with Crippen LogP contribution in [-0.4, -0.2) is 18.3 Å². The topological polar surface area (TPSA) is 102 Å². The number of aromatic nitrogens is 1. The molecule has 0 saturated carbocycles. The summed E-state index contributed by atoms with van der Waals surface area (Å²) in [5.74, 6) is 0.121. The molecule has 0 unspecified atom stereocenters. The Balaban J connectivity index is 2.45. The first-order chi connectivity index (χ1) is 9.81. The third-order valence-corrected chi connectivity index (χ3v) is 4.64. The van der Waals surface area contributed by atoms with Gasteiger partial charge in [0.05, 0.1) is 9.82 Å². The molecule has 0 fully saturated rings. The maximum atomic E-state index is 12.3. The fraction of sp³-hybridized carbons (Fsp3) is 0.0833. The minimum Gasteiger partial charge on any atom is -0.263 e. The van der Waals surface area contributed by atoms with E-state index in [4.69, 9.17) is 0 Å². The molecule has 0 saturated heterocycles. The van der Waals surface area contributed by atoms with Crippen LogP contribution in [0.25, 0.3) is 0 Å². The van der Waals surface area contributed by atoms with E-state index >= 15 is 0 Å². The minimum atomic E-state index is -3.95. The van der Waals surface area contributed by atoms with Gasteiger partial charge in [-0.3, -0.25) is 14.8 Å². The van der Waals surface area contributed by atoms with Gasteiger partial charge in [-0.05, 0) is 41.1 Å². The van der Waals surface area contributed by atoms with Gasteiger partial charge in [0.1, 0.15) is 10.4 Å². The van der Waals surface area contributed by atoms with Crippen molar-refractivity contribution in [2.24, 2.45) is 0 Å². The molecule has 0 aliphatic heterocycles. The summed E-state index contributed by atoms with van der Waals surface area (Å²) in [5, 5.41) is 10.9. The monoisotopic (exact) mass is 371 g/mol. The average Bonchev–Trinajstić information content (AvgIpc) is 2.37. The van der Waals surface area contributed by atoms with Crippen molar-refractivity contribution >= 4 is 37.5 Å². The van der Waals surface area contributed by atoms with Crippen molar-refractivity contribution in [3.63, 3.8) is 0 Å². The first kappa shape index (κ1) is 15.4. The van der Waals surface area contributed by atoms with Crippen molar-refractivity contribution in [1.29, 1.82) is 0 Å². The highest BCUT2D eigenvalue weighted by Gasteiger charge is 2.23. The van der Waals surface area contributed by atoms with Gasteiger partial charge in [-0.2, -0.15) is 0 Å². The third kappa shape index (κ3) is 3.37. The fourth-order valence-corrected chi connectivity index (χ4v) is 3.36. The van der Waals surface area contributed by atoms with Crippen LogP contribution in [0.1, 0.15) is 5.56 Å². The summed E-state index contributed by atoms with van der Waals surface area (Å²) < 4.78 is 27.4. The van der Waals surface area contributed by atoms with Crippen molar-refractivity contribution in [2.45, 2.75) is 11.8 Å². The normalized spacial score (nSPS) is 11.1. The van der Waals surface area contributed by atoms with Gasteiger partial charge in [0.15, 0.2) is 0 Å². The molecule has 0 radical (unpaired) electrons. The van der Waals surface area contributed by atoms with E-state index < -0.39 is 14.9 Å². The van der Waals surface area contributed by atoms with E-state index in [0.29, 0.717) is 4.60 Å². The van der Waals surface area contributed by atoms with E-state index in [1.165, 1.54) is 31.2 Å². The standard InChI is InChI=1S/C12H10BrN3O4S/c1-8-9(16(17)18)4-2-5-10(8)21(19,20)15-12-7-3-6-11(13)14-12/h2-7H,1H3,(H,14,15). The van der Waals surface area contributed by atoms with Crippen LogP contribution in [0.3, 0.4) is 0 Å². The van der Waals surface area contributed by atoms with Crippen LogP contribution < -0.4 is 4.72 Å². The maximum absolute atomic E-state index is 12.3. The van der Waals surface area contributed by atoms with Crippen molar-refractivity contribution in [3.05, 3.63) is 56.7 Å². The lowest BCUT2D eigenvalue weighted by molar-refractivity contribution is -0.385. The highest BCUT2D eigenvalue weighted by Crippen LogP contribution is 2.26. The number of hydrogen-bond acceptors (Lipinski definition) is 5. The first-order valence-electron chi connectivity index (χ1n) is 5.70. The predicted octanol–water partition coefficient (Wildman–Crippen LogP) is 2.86. The Kier molecular flexibility index (Phi) is 4.24. The van der Waals surface area contributed by atoms with E-state index in [1.807, 2.05) is 0 Å². The largest absolute Gasteiger partial charge is 0.273 e. The van der Waals surface area contributed by atoms with Crippen LogP contribution in [0.15, 0.2) is 45.9 Å². The van der Waals surface area contributed by atoms with Gasteiger partial charge in [0, 0.05) is 11.6 Å². The van der Waals surface area contributed by atoms with Crippen molar-refractivity contribution in [2.75, 3.05) is 4.72 Å². The average molecular weight is 372 g/mol. The number of halogens is 1. The van der Waals surface area contributed by atoms with Crippen LogP contribution in [0, 0.1) is 17.0 Å². The van der Waals surface area contributed by atoms with Crippen molar-refractivity contribution in [1.82, 2.24) is 4.98 Å². The van der Waals surface area contributed by atoms with E-state index in [2.05, 4.69) is 25.6 Å². The fourth-order valence-electron chi connectivity index (χ4n) is 1.75. The Labute approximate surface area is 129 Å². The number of hydrogen-bond donors (Lipinski definition) is 1. The molecule has 0 aliphatic rings. The van der Waals surface area contributed by atoms with Gasteiger partial charge >= 0.3 is 0 Å². The van der Waals surface area contributed by atoms with Crippen molar-refractivity contribution in [3.8, 4) is 0 Å². The van der Waals surface area contributed by atoms with Gasteiger partial charge in [-0.15, -0.1) is 0 Å². The molecule has 7 nitrogen and oxygen atoms in total. The number of benzene rings is 1. The van der Waals surface area contributed by atoms with E-state index in [-0.39, 0.29) is 22.0 Å². The first-order valence-corrected chi connectivity index (χ1v) is 7.98. The smallest absolute Gasteiger partial charge is 0.263 e. The Morgan fingerprint density at radius 2 is 1.90 bits per heavy atom. The highest BCUT2D eigenvalue weighted by atomic mass is 79.9. The Morgan fingerprint density at radius 1 is 1.24 bits per heavy atom. The molecular weight excluding hydrogens is 362 g/mol. The predicted molar refractivity (Wildman–Crippen MR) is 80.6 cm³/mol. The van der Waals surface area contributed by atoms with Crippen LogP contribution in [0.4, 0.5) is 11.5 Å². The molecule has 1 N–H and O–H groups in total. The lowest BCUT2D eigenvalue weighted by atomic mass is 10.2. The molecule has 9 heteroatoms. The summed E-state index contributed by atoms with van der Waals surface area (Å²) in [6.07, 6.45) is 0. The SMILES string of the molecule is Cc1c([N+](=O)[O-])cccc1S(=O)(=O)Nc1cccc(Br)n1. The molecule has 0 bridgehead atoms. The maximum Gasteiger partial charge on any atom is 0.273 e. The molecule has 2 rings (SSSR count). The lowest BCUT2D eigenvalue weighted by Crippen LogP contribution is -2.15. The molecule has 0 aliphatic carbocycles. The molecule has 0 amide bonds. The number of nitrogens with zero attached hydrogens (tertiary/aromatic N) is 2. The van der Waals surface area contributed by atoms with Gasteiger partial charge < -0.3 is 0 Å². The molecule has 0 spiro atoms. The Morgan fingerprint density at radius 3 is 2.52 bits per heavy atom. The van der Waals surface area contributed by atoms with Crippen LogP contribution >= 0.6 is 15.9 Å². The number of sulfonamides is 1. The zero-order valence-corrected chi connectivity index (χ0v) is 13.2. The van der Waals surface area contributed by atoms with E-state index in [1.54, 1.807) is 12.1 Å². The summed E-state index contributed by atoms with van der Waals surface area (Å²) in [4.78, 5) is 14.1. The second-order valence-corrected chi connectivity index (χ2v) is 6.57. The Hall–Kier alpha value is -2.00. The van der Waals surface area contributed by atoms with E-state index in [9.17, 15) is 18.5 Å².